The molecule has 0 aromatic heterocycles. The Hall–Kier alpha value is -1.75. The van der Waals surface area contributed by atoms with Crippen LogP contribution in [-0.2, 0) is 11.2 Å². The van der Waals surface area contributed by atoms with Gasteiger partial charge in [-0.05, 0) is 44.0 Å². The molecule has 5 heteroatoms. The fourth-order valence-corrected chi connectivity index (χ4v) is 2.50. The van der Waals surface area contributed by atoms with Crippen LogP contribution in [0.3, 0.4) is 0 Å². The molecular weight excluding hydrogens is 270 g/mol. The average Bonchev–Trinajstić information content (AvgIpc) is 2.48. The number of aliphatic carboxylic acids is 1. The number of aryl methyl sites for hydroxylation is 1. The Kier molecular flexibility index (Phi) is 5.44. The number of likely N-dealkylation sites (tertiary alicyclic amines) is 1. The van der Waals surface area contributed by atoms with Crippen molar-refractivity contribution in [1.82, 2.24) is 4.90 Å². The molecule has 0 radical (unpaired) electrons. The zero-order valence-electron chi connectivity index (χ0n) is 12.7. The second-order valence-electron chi connectivity index (χ2n) is 5.50. The van der Waals surface area contributed by atoms with Crippen LogP contribution >= 0.6 is 0 Å². The van der Waals surface area contributed by atoms with E-state index in [2.05, 4.69) is 11.9 Å². The molecule has 0 atom stereocenters. The maximum absolute atomic E-state index is 10.6. The van der Waals surface area contributed by atoms with Crippen LogP contribution in [0.15, 0.2) is 18.2 Å². The van der Waals surface area contributed by atoms with Gasteiger partial charge in [-0.25, -0.2) is 0 Å². The third-order valence-electron chi connectivity index (χ3n) is 3.81. The second-order valence-corrected chi connectivity index (χ2v) is 5.50. The van der Waals surface area contributed by atoms with Crippen molar-refractivity contribution >= 4 is 5.97 Å². The molecule has 1 aromatic carbocycles. The molecule has 21 heavy (non-hydrogen) atoms. The molecule has 0 spiro atoms. The van der Waals surface area contributed by atoms with Gasteiger partial charge < -0.3 is 19.5 Å². The van der Waals surface area contributed by atoms with Crippen LogP contribution in [0.4, 0.5) is 0 Å². The molecule has 1 fully saturated rings. The molecule has 5 nitrogen and oxygen atoms in total. The Balaban J connectivity index is 2.00. The first-order valence-corrected chi connectivity index (χ1v) is 7.32. The molecule has 1 saturated heterocycles. The highest BCUT2D eigenvalue weighted by Gasteiger charge is 2.19. The van der Waals surface area contributed by atoms with E-state index in [4.69, 9.17) is 14.6 Å². The van der Waals surface area contributed by atoms with Crippen molar-refractivity contribution in [1.29, 1.82) is 0 Å². The molecule has 1 heterocycles. The van der Waals surface area contributed by atoms with Gasteiger partial charge in [-0.3, -0.25) is 4.79 Å². The van der Waals surface area contributed by atoms with Gasteiger partial charge in [0, 0.05) is 19.5 Å². The summed E-state index contributed by atoms with van der Waals surface area (Å²) in [6.07, 6.45) is 2.87. The molecule has 1 aliphatic rings. The predicted octanol–water partition coefficient (Wildman–Crippen LogP) is 2.19. The van der Waals surface area contributed by atoms with Crippen LogP contribution in [-0.4, -0.2) is 49.3 Å². The van der Waals surface area contributed by atoms with E-state index in [0.29, 0.717) is 12.2 Å². The molecule has 2 rings (SSSR count). The van der Waals surface area contributed by atoms with Crippen LogP contribution in [0.1, 0.15) is 24.8 Å². The van der Waals surface area contributed by atoms with Gasteiger partial charge in [-0.2, -0.15) is 0 Å². The number of carbonyl (C=O) groups is 1. The summed E-state index contributed by atoms with van der Waals surface area (Å²) in [6.45, 7) is 2.09. The van der Waals surface area contributed by atoms with Crippen LogP contribution in [0.25, 0.3) is 0 Å². The fraction of sp³-hybridized carbons (Fsp3) is 0.562. The van der Waals surface area contributed by atoms with E-state index in [1.807, 2.05) is 18.2 Å². The molecular formula is C16H23NO4. The van der Waals surface area contributed by atoms with Gasteiger partial charge in [0.2, 0.25) is 0 Å². The number of nitrogens with zero attached hydrogens (tertiary/aromatic N) is 1. The van der Waals surface area contributed by atoms with Crippen molar-refractivity contribution in [2.45, 2.75) is 31.8 Å². The van der Waals surface area contributed by atoms with E-state index >= 15 is 0 Å². The van der Waals surface area contributed by atoms with Crippen LogP contribution in [0.2, 0.25) is 0 Å². The summed E-state index contributed by atoms with van der Waals surface area (Å²) >= 11 is 0. The minimum Gasteiger partial charge on any atom is -0.493 e. The van der Waals surface area contributed by atoms with Crippen molar-refractivity contribution in [2.24, 2.45) is 0 Å². The number of hydrogen-bond donors (Lipinski definition) is 1. The van der Waals surface area contributed by atoms with Gasteiger partial charge in [0.1, 0.15) is 6.10 Å². The van der Waals surface area contributed by atoms with E-state index < -0.39 is 5.97 Å². The number of methoxy groups -OCH3 is 1. The molecule has 0 saturated carbocycles. The topological polar surface area (TPSA) is 59.0 Å². The summed E-state index contributed by atoms with van der Waals surface area (Å²) in [5.74, 6) is 0.628. The van der Waals surface area contributed by atoms with Gasteiger partial charge in [0.25, 0.3) is 0 Å². The normalized spacial score (nSPS) is 16.7. The summed E-state index contributed by atoms with van der Waals surface area (Å²) in [7, 11) is 3.73. The highest BCUT2D eigenvalue weighted by molar-refractivity contribution is 5.67. The van der Waals surface area contributed by atoms with E-state index in [0.717, 1.165) is 37.2 Å². The van der Waals surface area contributed by atoms with E-state index in [9.17, 15) is 4.79 Å². The lowest BCUT2D eigenvalue weighted by Crippen LogP contribution is -2.35. The Morgan fingerprint density at radius 3 is 2.67 bits per heavy atom. The Morgan fingerprint density at radius 1 is 1.33 bits per heavy atom. The summed E-state index contributed by atoms with van der Waals surface area (Å²) < 4.78 is 11.4. The molecule has 0 bridgehead atoms. The number of hydrogen-bond acceptors (Lipinski definition) is 4. The minimum absolute atomic E-state index is 0.123. The Labute approximate surface area is 125 Å². The summed E-state index contributed by atoms with van der Waals surface area (Å²) in [4.78, 5) is 12.9. The Morgan fingerprint density at radius 2 is 2.05 bits per heavy atom. The highest BCUT2D eigenvalue weighted by Crippen LogP contribution is 2.31. The van der Waals surface area contributed by atoms with Gasteiger partial charge >= 0.3 is 5.97 Å². The zero-order chi connectivity index (χ0) is 15.2. The third-order valence-corrected chi connectivity index (χ3v) is 3.81. The first-order chi connectivity index (χ1) is 10.1. The lowest BCUT2D eigenvalue weighted by Gasteiger charge is -2.29. The average molecular weight is 293 g/mol. The smallest absolute Gasteiger partial charge is 0.303 e. The standard InChI is InChI=1S/C16H23NO4/c1-17-9-7-13(8-10-17)21-14-5-3-12(4-6-16(18)19)11-15(14)20-2/h3,5,11,13H,4,6-10H2,1-2H3,(H,18,19). The summed E-state index contributed by atoms with van der Waals surface area (Å²) in [6, 6.07) is 5.66. The van der Waals surface area contributed by atoms with Crippen molar-refractivity contribution in [3.05, 3.63) is 23.8 Å². The molecule has 1 N–H and O–H groups in total. The quantitative estimate of drug-likeness (QED) is 0.871. The molecule has 1 aromatic rings. The fourth-order valence-electron chi connectivity index (χ4n) is 2.50. The number of piperidine rings is 1. The highest BCUT2D eigenvalue weighted by atomic mass is 16.5. The number of carboxylic acids is 1. The van der Waals surface area contributed by atoms with Gasteiger partial charge in [0.15, 0.2) is 11.5 Å². The number of carboxylic acid groups (broad SMARTS) is 1. The summed E-state index contributed by atoms with van der Waals surface area (Å²) in [5.41, 5.74) is 0.949. The number of ether oxygens (including phenoxy) is 2. The lowest BCUT2D eigenvalue weighted by molar-refractivity contribution is -0.136. The second kappa shape index (κ2) is 7.31. The van der Waals surface area contributed by atoms with Gasteiger partial charge in [0.05, 0.1) is 7.11 Å². The SMILES string of the molecule is COc1cc(CCC(=O)O)ccc1OC1CCN(C)CC1. The van der Waals surface area contributed by atoms with E-state index in [1.54, 1.807) is 7.11 Å². The van der Waals surface area contributed by atoms with Crippen molar-refractivity contribution in [3.63, 3.8) is 0 Å². The molecule has 0 aliphatic carbocycles. The Bertz CT molecular complexity index is 481. The molecule has 0 unspecified atom stereocenters. The largest absolute Gasteiger partial charge is 0.493 e. The van der Waals surface area contributed by atoms with Crippen LogP contribution in [0, 0.1) is 0 Å². The van der Waals surface area contributed by atoms with E-state index in [-0.39, 0.29) is 12.5 Å². The zero-order valence-corrected chi connectivity index (χ0v) is 12.7. The van der Waals surface area contributed by atoms with E-state index in [1.165, 1.54) is 0 Å². The predicted molar refractivity (Wildman–Crippen MR) is 80.1 cm³/mol. The molecule has 116 valence electrons. The van der Waals surface area contributed by atoms with Crippen molar-refractivity contribution < 1.29 is 19.4 Å². The third kappa shape index (κ3) is 4.63. The van der Waals surface area contributed by atoms with Crippen LogP contribution < -0.4 is 9.47 Å². The first kappa shape index (κ1) is 15.6. The minimum atomic E-state index is -0.791. The molecule has 1 aliphatic heterocycles. The maximum atomic E-state index is 10.6. The maximum Gasteiger partial charge on any atom is 0.303 e. The summed E-state index contributed by atoms with van der Waals surface area (Å²) in [5, 5.41) is 8.73. The number of rotatable bonds is 6. The van der Waals surface area contributed by atoms with Crippen molar-refractivity contribution in [2.75, 3.05) is 27.2 Å². The number of benzene rings is 1. The monoisotopic (exact) mass is 293 g/mol. The van der Waals surface area contributed by atoms with Gasteiger partial charge in [-0.15, -0.1) is 0 Å². The van der Waals surface area contributed by atoms with Crippen LogP contribution in [0.5, 0.6) is 11.5 Å². The molecule has 0 amide bonds. The lowest BCUT2D eigenvalue weighted by atomic mass is 10.1. The first-order valence-electron chi connectivity index (χ1n) is 7.32. The van der Waals surface area contributed by atoms with Gasteiger partial charge in [-0.1, -0.05) is 6.07 Å². The van der Waals surface area contributed by atoms with Crippen molar-refractivity contribution in [3.8, 4) is 11.5 Å².